The van der Waals surface area contributed by atoms with E-state index in [1.165, 1.54) is 0 Å². The van der Waals surface area contributed by atoms with Gasteiger partial charge in [-0.05, 0) is 36.4 Å². The molecule has 4 heterocycles. The van der Waals surface area contributed by atoms with Gasteiger partial charge in [0.15, 0.2) is 5.65 Å². The van der Waals surface area contributed by atoms with E-state index in [0.29, 0.717) is 24.3 Å². The molecule has 0 radical (unpaired) electrons. The molecule has 1 saturated heterocycles. The average molecular weight is 489 g/mol. The van der Waals surface area contributed by atoms with Gasteiger partial charge in [0.05, 0.1) is 35.4 Å². The summed E-state index contributed by atoms with van der Waals surface area (Å²) < 4.78 is 1.87. The van der Waals surface area contributed by atoms with E-state index in [-0.39, 0.29) is 11.9 Å². The van der Waals surface area contributed by atoms with Gasteiger partial charge in [0, 0.05) is 37.6 Å². The van der Waals surface area contributed by atoms with Crippen molar-refractivity contribution in [1.29, 1.82) is 0 Å². The van der Waals surface area contributed by atoms with E-state index in [4.69, 9.17) is 4.98 Å². The highest BCUT2D eigenvalue weighted by Crippen LogP contribution is 2.31. The van der Waals surface area contributed by atoms with E-state index < -0.39 is 0 Å². The van der Waals surface area contributed by atoms with Crippen molar-refractivity contribution in [3.05, 3.63) is 114 Å². The minimum atomic E-state index is -0.0253. The van der Waals surface area contributed by atoms with Gasteiger partial charge in [-0.1, -0.05) is 60.7 Å². The summed E-state index contributed by atoms with van der Waals surface area (Å²) in [6, 6.07) is 26.1. The van der Waals surface area contributed by atoms with Crippen LogP contribution in [-0.2, 0) is 6.54 Å². The fraction of sp³-hybridized carbons (Fsp3) is 0.200. The Kier molecular flexibility index (Phi) is 6.20. The van der Waals surface area contributed by atoms with Crippen molar-refractivity contribution in [2.45, 2.75) is 12.6 Å². The third-order valence-electron chi connectivity index (χ3n) is 7.02. The summed E-state index contributed by atoms with van der Waals surface area (Å²) in [7, 11) is 2.11. The molecule has 1 aliphatic heterocycles. The molecule has 6 rings (SSSR count). The van der Waals surface area contributed by atoms with Crippen LogP contribution in [0.3, 0.4) is 0 Å². The van der Waals surface area contributed by atoms with Crippen LogP contribution in [0.25, 0.3) is 22.3 Å². The average Bonchev–Trinajstić information content (AvgIpc) is 3.36. The molecule has 37 heavy (non-hydrogen) atoms. The molecule has 1 amide bonds. The summed E-state index contributed by atoms with van der Waals surface area (Å²) in [5.41, 5.74) is 5.28. The lowest BCUT2D eigenvalue weighted by molar-refractivity contribution is 0.0500. The number of benzene rings is 2. The van der Waals surface area contributed by atoms with Crippen LogP contribution >= 0.6 is 0 Å². The number of fused-ring (bicyclic) bond motifs is 1. The minimum absolute atomic E-state index is 0.00925. The van der Waals surface area contributed by atoms with Crippen LogP contribution in [-0.4, -0.2) is 62.1 Å². The maximum Gasteiger partial charge on any atom is 0.255 e. The van der Waals surface area contributed by atoms with Gasteiger partial charge in [-0.2, -0.15) is 5.10 Å². The Morgan fingerprint density at radius 3 is 2.43 bits per heavy atom. The number of rotatable bonds is 5. The smallest absolute Gasteiger partial charge is 0.255 e. The molecule has 0 aliphatic carbocycles. The van der Waals surface area contributed by atoms with Crippen LogP contribution in [0.5, 0.6) is 0 Å². The van der Waals surface area contributed by atoms with E-state index >= 15 is 0 Å². The van der Waals surface area contributed by atoms with Gasteiger partial charge in [-0.15, -0.1) is 0 Å². The Labute approximate surface area is 216 Å². The minimum Gasteiger partial charge on any atom is -0.329 e. The second-order valence-electron chi connectivity index (χ2n) is 9.50. The number of hydrogen-bond donors (Lipinski definition) is 0. The lowest BCUT2D eigenvalue weighted by atomic mass is 10.00. The number of pyridine rings is 2. The molecular weight excluding hydrogens is 460 g/mol. The summed E-state index contributed by atoms with van der Waals surface area (Å²) in [5.74, 6) is 0.00925. The Hall–Kier alpha value is -4.36. The predicted molar refractivity (Wildman–Crippen MR) is 144 cm³/mol. The van der Waals surface area contributed by atoms with Gasteiger partial charge in [-0.25, -0.2) is 9.67 Å². The van der Waals surface area contributed by atoms with E-state index in [9.17, 15) is 4.79 Å². The maximum absolute atomic E-state index is 14.3. The lowest BCUT2D eigenvalue weighted by Gasteiger charge is -2.40. The van der Waals surface area contributed by atoms with Crippen LogP contribution < -0.4 is 0 Å². The fourth-order valence-corrected chi connectivity index (χ4v) is 5.04. The normalized spacial score (nSPS) is 16.2. The predicted octanol–water partition coefficient (Wildman–Crippen LogP) is 4.67. The molecule has 1 atom stereocenters. The fourth-order valence-electron chi connectivity index (χ4n) is 5.04. The number of piperazine rings is 1. The first-order chi connectivity index (χ1) is 18.2. The van der Waals surface area contributed by atoms with E-state index in [1.807, 2.05) is 76.3 Å². The second-order valence-corrected chi connectivity index (χ2v) is 9.50. The summed E-state index contributed by atoms with van der Waals surface area (Å²) >= 11 is 0. The summed E-state index contributed by atoms with van der Waals surface area (Å²) in [4.78, 5) is 27.7. The summed E-state index contributed by atoms with van der Waals surface area (Å²) in [5, 5.41) is 5.43. The van der Waals surface area contributed by atoms with Crippen LogP contribution in [0.4, 0.5) is 0 Å². The number of nitrogens with zero attached hydrogens (tertiary/aromatic N) is 6. The van der Waals surface area contributed by atoms with Crippen LogP contribution in [0.1, 0.15) is 27.5 Å². The molecule has 7 nitrogen and oxygen atoms in total. The van der Waals surface area contributed by atoms with E-state index in [0.717, 1.165) is 40.9 Å². The Balaban J connectivity index is 1.46. The molecule has 0 saturated carbocycles. The molecule has 184 valence electrons. The van der Waals surface area contributed by atoms with Crippen LogP contribution in [0, 0.1) is 0 Å². The summed E-state index contributed by atoms with van der Waals surface area (Å²) in [6.07, 6.45) is 5.32. The maximum atomic E-state index is 14.3. The van der Waals surface area contributed by atoms with Crippen molar-refractivity contribution in [2.75, 3.05) is 26.7 Å². The molecule has 0 spiro atoms. The highest BCUT2D eigenvalue weighted by molar-refractivity contribution is 6.06. The number of aromatic nitrogens is 4. The first-order valence-electron chi connectivity index (χ1n) is 12.5. The van der Waals surface area contributed by atoms with Crippen molar-refractivity contribution in [2.24, 2.45) is 0 Å². The van der Waals surface area contributed by atoms with Gasteiger partial charge >= 0.3 is 0 Å². The van der Waals surface area contributed by atoms with Crippen LogP contribution in [0.2, 0.25) is 0 Å². The van der Waals surface area contributed by atoms with Gasteiger partial charge in [0.2, 0.25) is 0 Å². The Bertz CT molecular complexity index is 1520. The lowest BCUT2D eigenvalue weighted by Crippen LogP contribution is -2.49. The molecule has 0 unspecified atom stereocenters. The van der Waals surface area contributed by atoms with Gasteiger partial charge < -0.3 is 9.80 Å². The first kappa shape index (κ1) is 23.1. The van der Waals surface area contributed by atoms with Gasteiger partial charge in [-0.3, -0.25) is 9.78 Å². The van der Waals surface area contributed by atoms with Gasteiger partial charge in [0.1, 0.15) is 0 Å². The largest absolute Gasteiger partial charge is 0.329 e. The monoisotopic (exact) mass is 488 g/mol. The quantitative estimate of drug-likeness (QED) is 0.360. The zero-order valence-corrected chi connectivity index (χ0v) is 20.7. The molecule has 7 heteroatoms. The summed E-state index contributed by atoms with van der Waals surface area (Å²) in [6.45, 7) is 2.82. The SMILES string of the molecule is CN1CCN(C(=O)c2cc(-c3ccccc3)nc3c2cnn3Cc2ccncc2)[C@H](c2ccccc2)C1. The van der Waals surface area contributed by atoms with Crippen molar-refractivity contribution in [1.82, 2.24) is 29.5 Å². The first-order valence-corrected chi connectivity index (χ1v) is 12.5. The second kappa shape index (κ2) is 9.95. The molecule has 2 aromatic carbocycles. The van der Waals surface area contributed by atoms with Crippen molar-refractivity contribution < 1.29 is 4.79 Å². The molecule has 3 aromatic heterocycles. The highest BCUT2D eigenvalue weighted by atomic mass is 16.2. The number of hydrogen-bond acceptors (Lipinski definition) is 5. The third kappa shape index (κ3) is 4.61. The van der Waals surface area contributed by atoms with Crippen molar-refractivity contribution in [3.8, 4) is 11.3 Å². The van der Waals surface area contributed by atoms with Crippen molar-refractivity contribution >= 4 is 16.9 Å². The van der Waals surface area contributed by atoms with Crippen LogP contribution in [0.15, 0.2) is 97.5 Å². The topological polar surface area (TPSA) is 67.2 Å². The van der Waals surface area contributed by atoms with E-state index in [1.54, 1.807) is 18.6 Å². The highest BCUT2D eigenvalue weighted by Gasteiger charge is 2.32. The molecule has 5 aromatic rings. The number of likely N-dealkylation sites (N-methyl/N-ethyl adjacent to an activating group) is 1. The zero-order valence-electron chi connectivity index (χ0n) is 20.7. The Morgan fingerprint density at radius 2 is 1.68 bits per heavy atom. The number of amides is 1. The molecule has 0 bridgehead atoms. The Morgan fingerprint density at radius 1 is 0.946 bits per heavy atom. The standard InChI is InChI=1S/C30H28N6O/c1-34-16-17-35(28(21-34)24-10-6-3-7-11-24)30(37)25-18-27(23-8-4-2-5-9-23)33-29-26(25)19-32-36(29)20-22-12-14-31-15-13-22/h2-15,18-19,28H,16-17,20-21H2,1H3/t28-/m0/s1. The zero-order chi connectivity index (χ0) is 25.2. The van der Waals surface area contributed by atoms with Gasteiger partial charge in [0.25, 0.3) is 5.91 Å². The van der Waals surface area contributed by atoms with Crippen molar-refractivity contribution in [3.63, 3.8) is 0 Å². The molecule has 0 N–H and O–H groups in total. The molecule has 1 aliphatic rings. The molecule has 1 fully saturated rings. The number of carbonyl (C=O) groups is 1. The molecular formula is C30H28N6O. The third-order valence-corrected chi connectivity index (χ3v) is 7.02. The van der Waals surface area contributed by atoms with E-state index in [2.05, 4.69) is 34.2 Å². The number of carbonyl (C=O) groups excluding carboxylic acids is 1.